The van der Waals surface area contributed by atoms with E-state index in [0.29, 0.717) is 29.2 Å². The van der Waals surface area contributed by atoms with Gasteiger partial charge in [0.2, 0.25) is 0 Å². The monoisotopic (exact) mass is 390 g/mol. The van der Waals surface area contributed by atoms with Crippen LogP contribution in [0.3, 0.4) is 0 Å². The zero-order valence-corrected chi connectivity index (χ0v) is 16.6. The van der Waals surface area contributed by atoms with Crippen LogP contribution in [0, 0.1) is 36.5 Å². The molecule has 0 aliphatic heterocycles. The fraction of sp³-hybridized carbons (Fsp3) is 0.238. The van der Waals surface area contributed by atoms with Gasteiger partial charge in [-0.2, -0.15) is 10.5 Å². The third kappa shape index (κ3) is 3.53. The van der Waals surface area contributed by atoms with Gasteiger partial charge in [0, 0.05) is 17.0 Å². The first-order chi connectivity index (χ1) is 13.5. The lowest BCUT2D eigenvalue weighted by atomic mass is 10.0. The molecule has 2 heterocycles. The van der Waals surface area contributed by atoms with E-state index in [-0.39, 0.29) is 5.97 Å². The van der Waals surface area contributed by atoms with Crippen molar-refractivity contribution in [1.82, 2.24) is 9.55 Å². The van der Waals surface area contributed by atoms with Crippen molar-refractivity contribution in [2.24, 2.45) is 0 Å². The number of aromatic nitrogens is 2. The Morgan fingerprint density at radius 3 is 2.50 bits per heavy atom. The fourth-order valence-corrected chi connectivity index (χ4v) is 3.94. The number of rotatable bonds is 5. The summed E-state index contributed by atoms with van der Waals surface area (Å²) in [6, 6.07) is 11.6. The van der Waals surface area contributed by atoms with Crippen LogP contribution in [-0.2, 0) is 11.3 Å². The van der Waals surface area contributed by atoms with Gasteiger partial charge in [0.15, 0.2) is 0 Å². The standard InChI is InChI=1S/C21H18N4O2S/c1-4-27-21(26)18-11-24-19(28-18)12-25-13(2)17(10-23)20(14(25)3)16-7-5-15(9-22)6-8-16/h5-8,11H,4,12H2,1-3H3. The Balaban J connectivity index is 1.99. The highest BCUT2D eigenvalue weighted by atomic mass is 32.1. The van der Waals surface area contributed by atoms with Gasteiger partial charge in [0.25, 0.3) is 0 Å². The van der Waals surface area contributed by atoms with Gasteiger partial charge in [-0.05, 0) is 38.5 Å². The van der Waals surface area contributed by atoms with Crippen LogP contribution in [0.5, 0.6) is 0 Å². The Labute approximate surface area is 167 Å². The Hall–Kier alpha value is -3.42. The molecule has 0 bridgehead atoms. The smallest absolute Gasteiger partial charge is 0.349 e. The molecule has 0 atom stereocenters. The average Bonchev–Trinajstić information content (AvgIpc) is 3.26. The normalized spacial score (nSPS) is 10.3. The third-order valence-electron chi connectivity index (χ3n) is 4.52. The topological polar surface area (TPSA) is 91.7 Å². The second kappa shape index (κ2) is 8.08. The van der Waals surface area contributed by atoms with Gasteiger partial charge in [0.05, 0.1) is 36.5 Å². The van der Waals surface area contributed by atoms with Gasteiger partial charge in [-0.3, -0.25) is 0 Å². The van der Waals surface area contributed by atoms with Crippen LogP contribution >= 0.6 is 11.3 Å². The van der Waals surface area contributed by atoms with Gasteiger partial charge in [-0.25, -0.2) is 9.78 Å². The number of carbonyl (C=O) groups is 1. The maximum Gasteiger partial charge on any atom is 0.349 e. The minimum Gasteiger partial charge on any atom is -0.462 e. The summed E-state index contributed by atoms with van der Waals surface area (Å²) in [5.74, 6) is -0.372. The molecule has 2 aromatic heterocycles. The van der Waals surface area contributed by atoms with Crippen LogP contribution in [-0.4, -0.2) is 22.1 Å². The molecule has 140 valence electrons. The van der Waals surface area contributed by atoms with Crippen LogP contribution in [0.1, 0.15) is 44.1 Å². The summed E-state index contributed by atoms with van der Waals surface area (Å²) < 4.78 is 7.04. The van der Waals surface area contributed by atoms with Crippen molar-refractivity contribution in [2.45, 2.75) is 27.3 Å². The van der Waals surface area contributed by atoms with Gasteiger partial charge in [0.1, 0.15) is 16.0 Å². The molecule has 0 aliphatic rings. The molecule has 0 N–H and O–H groups in total. The average molecular weight is 390 g/mol. The molecule has 28 heavy (non-hydrogen) atoms. The SMILES string of the molecule is CCOC(=O)c1cnc(Cn2c(C)c(C#N)c(-c3ccc(C#N)cc3)c2C)s1. The van der Waals surface area contributed by atoms with Gasteiger partial charge < -0.3 is 9.30 Å². The number of thiazole rings is 1. The largest absolute Gasteiger partial charge is 0.462 e. The molecular formula is C21H18N4O2S. The molecule has 0 fully saturated rings. The second-order valence-corrected chi connectivity index (χ2v) is 7.26. The molecule has 0 amide bonds. The summed E-state index contributed by atoms with van der Waals surface area (Å²) in [5.41, 5.74) is 4.70. The minimum absolute atomic E-state index is 0.321. The number of carbonyl (C=O) groups excluding carboxylic acids is 1. The van der Waals surface area contributed by atoms with Crippen molar-refractivity contribution in [3.63, 3.8) is 0 Å². The molecule has 6 nitrogen and oxygen atoms in total. The summed E-state index contributed by atoms with van der Waals surface area (Å²) >= 11 is 1.29. The zero-order chi connectivity index (χ0) is 20.3. The summed E-state index contributed by atoms with van der Waals surface area (Å²) in [4.78, 5) is 16.7. The molecule has 0 saturated carbocycles. The quantitative estimate of drug-likeness (QED) is 0.609. The summed E-state index contributed by atoms with van der Waals surface area (Å²) in [6.45, 7) is 6.41. The zero-order valence-electron chi connectivity index (χ0n) is 15.8. The minimum atomic E-state index is -0.372. The third-order valence-corrected chi connectivity index (χ3v) is 5.48. The predicted molar refractivity (Wildman–Crippen MR) is 106 cm³/mol. The Morgan fingerprint density at radius 1 is 1.18 bits per heavy atom. The van der Waals surface area contributed by atoms with E-state index in [0.717, 1.165) is 27.5 Å². The van der Waals surface area contributed by atoms with Crippen molar-refractivity contribution in [2.75, 3.05) is 6.61 Å². The lowest BCUT2D eigenvalue weighted by molar-refractivity contribution is 0.0532. The maximum atomic E-state index is 11.9. The van der Waals surface area contributed by atoms with Crippen molar-refractivity contribution < 1.29 is 9.53 Å². The highest BCUT2D eigenvalue weighted by molar-refractivity contribution is 7.13. The Morgan fingerprint density at radius 2 is 1.89 bits per heavy atom. The van der Waals surface area contributed by atoms with Gasteiger partial charge in [-0.15, -0.1) is 11.3 Å². The fourth-order valence-electron chi connectivity index (χ4n) is 3.14. The number of benzene rings is 1. The molecule has 3 aromatic rings. The number of nitrogens with zero attached hydrogens (tertiary/aromatic N) is 4. The maximum absolute atomic E-state index is 11.9. The Kier molecular flexibility index (Phi) is 5.58. The second-order valence-electron chi connectivity index (χ2n) is 6.15. The number of hydrogen-bond donors (Lipinski definition) is 0. The summed E-state index contributed by atoms with van der Waals surface area (Å²) in [6.07, 6.45) is 1.53. The van der Waals surface area contributed by atoms with E-state index < -0.39 is 0 Å². The highest BCUT2D eigenvalue weighted by Crippen LogP contribution is 2.33. The van der Waals surface area contributed by atoms with E-state index >= 15 is 0 Å². The van der Waals surface area contributed by atoms with Crippen LogP contribution < -0.4 is 0 Å². The molecule has 3 rings (SSSR count). The predicted octanol–water partition coefficient (Wildman–Crippen LogP) is 4.20. The lowest BCUT2D eigenvalue weighted by Gasteiger charge is -2.08. The number of nitriles is 2. The molecule has 0 unspecified atom stereocenters. The van der Waals surface area contributed by atoms with Crippen molar-refractivity contribution >= 4 is 17.3 Å². The molecular weight excluding hydrogens is 372 g/mol. The van der Waals surface area contributed by atoms with Crippen molar-refractivity contribution in [3.8, 4) is 23.3 Å². The van der Waals surface area contributed by atoms with Crippen LogP contribution in [0.2, 0.25) is 0 Å². The first-order valence-electron chi connectivity index (χ1n) is 8.72. The van der Waals surface area contributed by atoms with E-state index in [4.69, 9.17) is 10.00 Å². The molecule has 0 radical (unpaired) electrons. The van der Waals surface area contributed by atoms with Gasteiger partial charge >= 0.3 is 5.97 Å². The molecule has 0 aliphatic carbocycles. The number of ether oxygens (including phenoxy) is 1. The van der Waals surface area contributed by atoms with Crippen molar-refractivity contribution in [3.05, 3.63) is 62.9 Å². The van der Waals surface area contributed by atoms with E-state index in [9.17, 15) is 10.1 Å². The molecule has 0 spiro atoms. The van der Waals surface area contributed by atoms with Crippen LogP contribution in [0.15, 0.2) is 30.5 Å². The highest BCUT2D eigenvalue weighted by Gasteiger charge is 2.20. The first-order valence-corrected chi connectivity index (χ1v) is 9.53. The molecule has 0 saturated heterocycles. The van der Waals surface area contributed by atoms with E-state index in [1.54, 1.807) is 19.1 Å². The van der Waals surface area contributed by atoms with Crippen molar-refractivity contribution in [1.29, 1.82) is 10.5 Å². The van der Waals surface area contributed by atoms with E-state index in [1.165, 1.54) is 17.5 Å². The van der Waals surface area contributed by atoms with Gasteiger partial charge in [-0.1, -0.05) is 12.1 Å². The first kappa shape index (κ1) is 19.3. The molecule has 7 heteroatoms. The number of esters is 1. The number of hydrogen-bond acceptors (Lipinski definition) is 6. The summed E-state index contributed by atoms with van der Waals surface area (Å²) in [5, 5.41) is 19.5. The van der Waals surface area contributed by atoms with Crippen LogP contribution in [0.4, 0.5) is 0 Å². The Bertz CT molecular complexity index is 1110. The van der Waals surface area contributed by atoms with Crippen LogP contribution in [0.25, 0.3) is 11.1 Å². The van der Waals surface area contributed by atoms with E-state index in [1.807, 2.05) is 30.5 Å². The van der Waals surface area contributed by atoms with E-state index in [2.05, 4.69) is 17.1 Å². The molecule has 1 aromatic carbocycles. The lowest BCUT2D eigenvalue weighted by Crippen LogP contribution is -2.04. The summed E-state index contributed by atoms with van der Waals surface area (Å²) in [7, 11) is 0.